The van der Waals surface area contributed by atoms with Crippen LogP contribution in [-0.4, -0.2) is 65.3 Å². The molecule has 0 aromatic heterocycles. The third kappa shape index (κ3) is 3.70. The van der Waals surface area contributed by atoms with E-state index >= 15 is 0 Å². The maximum atomic E-state index is 12.4. The van der Waals surface area contributed by atoms with Crippen LogP contribution in [0, 0.1) is 0 Å². The normalized spacial score (nSPS) is 22.9. The number of aliphatic carboxylic acids is 1. The van der Waals surface area contributed by atoms with E-state index in [2.05, 4.69) is 6.58 Å². The molecule has 0 aromatic rings. The molecule has 1 N–H and O–H groups in total. The number of nitrogens with zero attached hydrogens (tertiary/aromatic N) is 2. The number of carbonyl (C=O) groups is 2. The average Bonchev–Trinajstić information content (AvgIpc) is 3.19. The van der Waals surface area contributed by atoms with Crippen molar-refractivity contribution in [3.05, 3.63) is 12.7 Å². The van der Waals surface area contributed by atoms with Gasteiger partial charge in [0.1, 0.15) is 0 Å². The Hall–Kier alpha value is -1.56. The lowest BCUT2D eigenvalue weighted by atomic mass is 10.2. The maximum Gasteiger partial charge on any atom is 0.320 e. The zero-order valence-corrected chi connectivity index (χ0v) is 11.0. The fourth-order valence-corrected chi connectivity index (χ4v) is 2.30. The maximum absolute atomic E-state index is 12.4. The van der Waals surface area contributed by atoms with E-state index in [0.29, 0.717) is 32.3 Å². The van der Waals surface area contributed by atoms with E-state index < -0.39 is 12.1 Å². The van der Waals surface area contributed by atoms with Crippen LogP contribution in [0.15, 0.2) is 12.7 Å². The van der Waals surface area contributed by atoms with E-state index in [4.69, 9.17) is 9.84 Å². The summed E-state index contributed by atoms with van der Waals surface area (Å²) in [4.78, 5) is 26.6. The first-order valence-electron chi connectivity index (χ1n) is 6.61. The second-order valence-electron chi connectivity index (χ2n) is 4.99. The van der Waals surface area contributed by atoms with Gasteiger partial charge in [0, 0.05) is 25.7 Å². The van der Waals surface area contributed by atoms with Crippen molar-refractivity contribution in [1.29, 1.82) is 0 Å². The SMILES string of the molecule is C=CCN(C(=O)N1CCOC(CC(=O)O)C1)C1CC1. The van der Waals surface area contributed by atoms with Crippen LogP contribution >= 0.6 is 0 Å². The van der Waals surface area contributed by atoms with Crippen LogP contribution in [0.2, 0.25) is 0 Å². The van der Waals surface area contributed by atoms with Gasteiger partial charge in [-0.25, -0.2) is 4.79 Å². The Morgan fingerprint density at radius 3 is 2.79 bits per heavy atom. The number of hydrogen-bond donors (Lipinski definition) is 1. The van der Waals surface area contributed by atoms with Crippen LogP contribution in [0.4, 0.5) is 4.79 Å². The lowest BCUT2D eigenvalue weighted by Gasteiger charge is -2.36. The van der Waals surface area contributed by atoms with E-state index in [9.17, 15) is 9.59 Å². The highest BCUT2D eigenvalue weighted by atomic mass is 16.5. The summed E-state index contributed by atoms with van der Waals surface area (Å²) in [5.41, 5.74) is 0. The molecule has 6 nitrogen and oxygen atoms in total. The van der Waals surface area contributed by atoms with Crippen LogP contribution in [-0.2, 0) is 9.53 Å². The molecule has 1 aliphatic heterocycles. The van der Waals surface area contributed by atoms with Gasteiger partial charge >= 0.3 is 12.0 Å². The third-order valence-corrected chi connectivity index (χ3v) is 3.37. The van der Waals surface area contributed by atoms with E-state index in [1.165, 1.54) is 0 Å². The molecule has 6 heteroatoms. The highest BCUT2D eigenvalue weighted by molar-refractivity contribution is 5.75. The van der Waals surface area contributed by atoms with Gasteiger partial charge in [-0.1, -0.05) is 6.08 Å². The van der Waals surface area contributed by atoms with Crippen LogP contribution in [0.5, 0.6) is 0 Å². The molecule has 0 aromatic carbocycles. The Labute approximate surface area is 112 Å². The van der Waals surface area contributed by atoms with Gasteiger partial charge in [0.25, 0.3) is 0 Å². The van der Waals surface area contributed by atoms with E-state index in [0.717, 1.165) is 12.8 Å². The highest BCUT2D eigenvalue weighted by Gasteiger charge is 2.36. The summed E-state index contributed by atoms with van der Waals surface area (Å²) >= 11 is 0. The molecule has 0 spiro atoms. The summed E-state index contributed by atoms with van der Waals surface area (Å²) in [6.07, 6.45) is 3.35. The first kappa shape index (κ1) is 13.9. The Balaban J connectivity index is 1.93. The van der Waals surface area contributed by atoms with Gasteiger partial charge in [0.05, 0.1) is 19.1 Å². The molecule has 2 fully saturated rings. The summed E-state index contributed by atoms with van der Waals surface area (Å²) < 4.78 is 5.37. The standard InChI is InChI=1S/C13H20N2O4/c1-2-5-15(10-3-4-10)13(18)14-6-7-19-11(9-14)8-12(16)17/h2,10-11H,1,3-9H2,(H,16,17). The molecule has 0 bridgehead atoms. The largest absolute Gasteiger partial charge is 0.481 e. The minimum Gasteiger partial charge on any atom is -0.481 e. The first-order chi connectivity index (χ1) is 9.11. The Morgan fingerprint density at radius 1 is 1.47 bits per heavy atom. The molecule has 2 amide bonds. The number of ether oxygens (including phenoxy) is 1. The van der Waals surface area contributed by atoms with Gasteiger partial charge in [-0.2, -0.15) is 0 Å². The summed E-state index contributed by atoms with van der Waals surface area (Å²) in [6.45, 7) is 5.50. The van der Waals surface area contributed by atoms with E-state index in [1.807, 2.05) is 4.90 Å². The monoisotopic (exact) mass is 268 g/mol. The van der Waals surface area contributed by atoms with Crippen molar-refractivity contribution < 1.29 is 19.4 Å². The number of carbonyl (C=O) groups excluding carboxylic acids is 1. The number of urea groups is 1. The molecule has 1 saturated heterocycles. The Morgan fingerprint density at radius 2 is 2.21 bits per heavy atom. The number of hydrogen-bond acceptors (Lipinski definition) is 3. The van der Waals surface area contributed by atoms with Crippen molar-refractivity contribution in [1.82, 2.24) is 9.80 Å². The number of carboxylic acids is 1. The molecule has 1 aliphatic carbocycles. The van der Waals surface area contributed by atoms with Crippen LogP contribution < -0.4 is 0 Å². The number of morpholine rings is 1. The van der Waals surface area contributed by atoms with Gasteiger partial charge in [-0.15, -0.1) is 6.58 Å². The fourth-order valence-electron chi connectivity index (χ4n) is 2.30. The molecule has 1 saturated carbocycles. The zero-order valence-electron chi connectivity index (χ0n) is 11.0. The van der Waals surface area contributed by atoms with Crippen molar-refractivity contribution >= 4 is 12.0 Å². The molecule has 1 heterocycles. The zero-order chi connectivity index (χ0) is 13.8. The second-order valence-corrected chi connectivity index (χ2v) is 4.99. The lowest BCUT2D eigenvalue weighted by molar-refractivity contribution is -0.141. The van der Waals surface area contributed by atoms with Crippen molar-refractivity contribution in [2.45, 2.75) is 31.4 Å². The smallest absolute Gasteiger partial charge is 0.320 e. The molecule has 2 rings (SSSR count). The first-order valence-corrected chi connectivity index (χ1v) is 6.61. The van der Waals surface area contributed by atoms with Crippen LogP contribution in [0.1, 0.15) is 19.3 Å². The summed E-state index contributed by atoms with van der Waals surface area (Å²) in [5, 5.41) is 8.78. The van der Waals surface area contributed by atoms with Gasteiger partial charge in [-0.05, 0) is 12.8 Å². The Bertz CT molecular complexity index is 368. The summed E-state index contributed by atoms with van der Waals surface area (Å²) in [6, 6.07) is 0.298. The van der Waals surface area contributed by atoms with Gasteiger partial charge in [-0.3, -0.25) is 4.79 Å². The van der Waals surface area contributed by atoms with Crippen LogP contribution in [0.25, 0.3) is 0 Å². The third-order valence-electron chi connectivity index (χ3n) is 3.37. The molecule has 2 aliphatic rings. The topological polar surface area (TPSA) is 70.1 Å². The molecule has 106 valence electrons. The quantitative estimate of drug-likeness (QED) is 0.753. The number of rotatable bonds is 5. The van der Waals surface area contributed by atoms with Gasteiger partial charge < -0.3 is 19.6 Å². The minimum atomic E-state index is -0.899. The second kappa shape index (κ2) is 6.06. The minimum absolute atomic E-state index is 0.0268. The number of amides is 2. The molecule has 1 atom stereocenters. The van der Waals surface area contributed by atoms with Crippen molar-refractivity contribution in [3.8, 4) is 0 Å². The van der Waals surface area contributed by atoms with E-state index in [-0.39, 0.29) is 12.5 Å². The average molecular weight is 268 g/mol. The predicted octanol–water partition coefficient (Wildman–Crippen LogP) is 0.932. The molecular weight excluding hydrogens is 248 g/mol. The van der Waals surface area contributed by atoms with Crippen molar-refractivity contribution in [2.24, 2.45) is 0 Å². The molecule has 1 unspecified atom stereocenters. The molecule has 19 heavy (non-hydrogen) atoms. The lowest BCUT2D eigenvalue weighted by Crippen LogP contribution is -2.52. The van der Waals surface area contributed by atoms with Crippen molar-refractivity contribution in [2.75, 3.05) is 26.2 Å². The predicted molar refractivity (Wildman–Crippen MR) is 68.9 cm³/mol. The Kier molecular flexibility index (Phi) is 4.42. The van der Waals surface area contributed by atoms with Crippen LogP contribution in [0.3, 0.4) is 0 Å². The number of carboxylic acid groups (broad SMARTS) is 1. The highest BCUT2D eigenvalue weighted by Crippen LogP contribution is 2.28. The summed E-state index contributed by atoms with van der Waals surface area (Å²) in [5.74, 6) is -0.899. The van der Waals surface area contributed by atoms with Gasteiger partial charge in [0.15, 0.2) is 0 Å². The van der Waals surface area contributed by atoms with Gasteiger partial charge in [0.2, 0.25) is 0 Å². The molecule has 0 radical (unpaired) electrons. The van der Waals surface area contributed by atoms with E-state index in [1.54, 1.807) is 11.0 Å². The molecular formula is C13H20N2O4. The fraction of sp³-hybridized carbons (Fsp3) is 0.692. The summed E-state index contributed by atoms with van der Waals surface area (Å²) in [7, 11) is 0. The van der Waals surface area contributed by atoms with Crippen molar-refractivity contribution in [3.63, 3.8) is 0 Å².